The van der Waals surface area contributed by atoms with Crippen molar-refractivity contribution in [1.82, 2.24) is 10.2 Å². The van der Waals surface area contributed by atoms with Crippen LogP contribution in [0.25, 0.3) is 10.4 Å². The zero-order valence-corrected chi connectivity index (χ0v) is 8.78. The molecule has 0 unspecified atom stereocenters. The number of nitrogens with zero attached hydrogens (tertiary/aromatic N) is 2. The molecule has 2 heterocycles. The van der Waals surface area contributed by atoms with Gasteiger partial charge in [0.25, 0.3) is 0 Å². The maximum absolute atomic E-state index is 10.7. The van der Waals surface area contributed by atoms with E-state index in [2.05, 4.69) is 10.2 Å². The van der Waals surface area contributed by atoms with Crippen molar-refractivity contribution in [3.63, 3.8) is 0 Å². The zero-order chi connectivity index (χ0) is 10.8. The number of carboxylic acid groups (broad SMARTS) is 1. The fourth-order valence-corrected chi connectivity index (χ4v) is 2.18. The van der Waals surface area contributed by atoms with Crippen molar-refractivity contribution >= 4 is 17.3 Å². The molecule has 4 nitrogen and oxygen atoms in total. The van der Waals surface area contributed by atoms with Gasteiger partial charge < -0.3 is 5.11 Å². The van der Waals surface area contributed by atoms with Gasteiger partial charge in [-0.2, -0.15) is 10.2 Å². The number of rotatable bonds is 2. The third-order valence-electron chi connectivity index (χ3n) is 1.99. The lowest BCUT2D eigenvalue weighted by Gasteiger charge is -1.98. The maximum atomic E-state index is 10.7. The van der Waals surface area contributed by atoms with E-state index in [0.29, 0.717) is 4.88 Å². The summed E-state index contributed by atoms with van der Waals surface area (Å²) in [5.74, 6) is -0.897. The Hall–Kier alpha value is -1.75. The van der Waals surface area contributed by atoms with E-state index in [1.165, 1.54) is 11.3 Å². The maximum Gasteiger partial charge on any atom is 0.345 e. The summed E-state index contributed by atoms with van der Waals surface area (Å²) in [6.07, 6.45) is 1.60. The van der Waals surface area contributed by atoms with Crippen LogP contribution < -0.4 is 0 Å². The Morgan fingerprint density at radius 1 is 1.40 bits per heavy atom. The molecule has 0 spiro atoms. The average molecular weight is 220 g/mol. The molecule has 0 saturated heterocycles. The van der Waals surface area contributed by atoms with Gasteiger partial charge in [0, 0.05) is 10.4 Å². The first-order chi connectivity index (χ1) is 7.18. The Kier molecular flexibility index (Phi) is 2.47. The largest absolute Gasteiger partial charge is 0.477 e. The first-order valence-electron chi connectivity index (χ1n) is 4.30. The third-order valence-corrected chi connectivity index (χ3v) is 3.09. The van der Waals surface area contributed by atoms with Crippen molar-refractivity contribution in [1.29, 1.82) is 0 Å². The van der Waals surface area contributed by atoms with Gasteiger partial charge in [0.15, 0.2) is 0 Å². The van der Waals surface area contributed by atoms with Crippen LogP contribution in [0.3, 0.4) is 0 Å². The molecule has 0 radical (unpaired) electrons. The summed E-state index contributed by atoms with van der Waals surface area (Å²) in [4.78, 5) is 12.0. The van der Waals surface area contributed by atoms with Crippen LogP contribution in [-0.2, 0) is 0 Å². The molecule has 1 N–H and O–H groups in total. The molecule has 2 rings (SSSR count). The van der Waals surface area contributed by atoms with Gasteiger partial charge >= 0.3 is 5.97 Å². The van der Waals surface area contributed by atoms with Gasteiger partial charge in [-0.3, -0.25) is 0 Å². The summed E-state index contributed by atoms with van der Waals surface area (Å²) in [7, 11) is 0. The van der Waals surface area contributed by atoms with Crippen molar-refractivity contribution in [2.75, 3.05) is 0 Å². The van der Waals surface area contributed by atoms with Crippen molar-refractivity contribution in [3.8, 4) is 10.4 Å². The third kappa shape index (κ3) is 1.87. The molecule has 2 aromatic heterocycles. The molecule has 0 saturated carbocycles. The van der Waals surface area contributed by atoms with E-state index < -0.39 is 5.97 Å². The molecule has 0 aliphatic heterocycles. The van der Waals surface area contributed by atoms with Gasteiger partial charge in [-0.1, -0.05) is 0 Å². The van der Waals surface area contributed by atoms with Crippen molar-refractivity contribution in [3.05, 3.63) is 35.0 Å². The Balaban J connectivity index is 2.46. The molecule has 0 aliphatic rings. The van der Waals surface area contributed by atoms with Crippen LogP contribution in [-0.4, -0.2) is 21.3 Å². The summed E-state index contributed by atoms with van der Waals surface area (Å²) in [6, 6.07) is 5.22. The summed E-state index contributed by atoms with van der Waals surface area (Å²) < 4.78 is 0. The average Bonchev–Trinajstić information content (AvgIpc) is 2.67. The predicted octanol–water partition coefficient (Wildman–Crippen LogP) is 2.21. The van der Waals surface area contributed by atoms with Gasteiger partial charge in [0.05, 0.1) is 11.9 Å². The number of aromatic nitrogens is 2. The van der Waals surface area contributed by atoms with Crippen molar-refractivity contribution < 1.29 is 9.90 Å². The lowest BCUT2D eigenvalue weighted by Crippen LogP contribution is -1.90. The molecule has 76 valence electrons. The lowest BCUT2D eigenvalue weighted by molar-refractivity contribution is 0.0702. The highest BCUT2D eigenvalue weighted by atomic mass is 32.1. The quantitative estimate of drug-likeness (QED) is 0.842. The molecule has 0 bridgehead atoms. The van der Waals surface area contributed by atoms with Gasteiger partial charge in [-0.05, 0) is 25.1 Å². The van der Waals surface area contributed by atoms with E-state index in [1.807, 2.05) is 13.0 Å². The molecule has 0 aliphatic carbocycles. The smallest absolute Gasteiger partial charge is 0.345 e. The second-order valence-corrected chi connectivity index (χ2v) is 4.08. The number of aryl methyl sites for hydroxylation is 1. The van der Waals surface area contributed by atoms with E-state index in [9.17, 15) is 4.79 Å². The SMILES string of the molecule is Cc1nnccc1-c1ccc(C(=O)O)s1. The summed E-state index contributed by atoms with van der Waals surface area (Å²) in [5.41, 5.74) is 1.73. The number of thiophene rings is 1. The fourth-order valence-electron chi connectivity index (χ4n) is 1.26. The molecular weight excluding hydrogens is 212 g/mol. The molecule has 5 heteroatoms. The zero-order valence-electron chi connectivity index (χ0n) is 7.97. The van der Waals surface area contributed by atoms with E-state index in [-0.39, 0.29) is 0 Å². The number of aromatic carboxylic acids is 1. The molecular formula is C10H8N2O2S. The van der Waals surface area contributed by atoms with Crippen LogP contribution in [0.4, 0.5) is 0 Å². The highest BCUT2D eigenvalue weighted by Crippen LogP contribution is 2.29. The van der Waals surface area contributed by atoms with Crippen LogP contribution >= 0.6 is 11.3 Å². The van der Waals surface area contributed by atoms with Crippen LogP contribution in [0.5, 0.6) is 0 Å². The van der Waals surface area contributed by atoms with Crippen LogP contribution in [0.2, 0.25) is 0 Å². The first-order valence-corrected chi connectivity index (χ1v) is 5.12. The predicted molar refractivity (Wildman–Crippen MR) is 57.0 cm³/mol. The Morgan fingerprint density at radius 3 is 2.80 bits per heavy atom. The second kappa shape index (κ2) is 3.78. The minimum absolute atomic E-state index is 0.334. The molecule has 0 aromatic carbocycles. The molecule has 0 atom stereocenters. The second-order valence-electron chi connectivity index (χ2n) is 3.00. The van der Waals surface area contributed by atoms with Crippen molar-refractivity contribution in [2.24, 2.45) is 0 Å². The normalized spacial score (nSPS) is 10.2. The van der Waals surface area contributed by atoms with Crippen LogP contribution in [0.1, 0.15) is 15.4 Å². The number of hydrogen-bond acceptors (Lipinski definition) is 4. The molecule has 0 fully saturated rings. The number of carboxylic acids is 1. The summed E-state index contributed by atoms with van der Waals surface area (Å²) in [5, 5.41) is 16.5. The van der Waals surface area contributed by atoms with Crippen LogP contribution in [0, 0.1) is 6.92 Å². The van der Waals surface area contributed by atoms with Crippen LogP contribution in [0.15, 0.2) is 24.4 Å². The van der Waals surface area contributed by atoms with Gasteiger partial charge in [-0.15, -0.1) is 11.3 Å². The van der Waals surface area contributed by atoms with Gasteiger partial charge in [0.1, 0.15) is 4.88 Å². The minimum Gasteiger partial charge on any atom is -0.477 e. The minimum atomic E-state index is -0.897. The Bertz CT molecular complexity index is 508. The monoisotopic (exact) mass is 220 g/mol. The van der Waals surface area contributed by atoms with Gasteiger partial charge in [0.2, 0.25) is 0 Å². The highest BCUT2D eigenvalue weighted by Gasteiger charge is 2.10. The van der Waals surface area contributed by atoms with E-state index in [4.69, 9.17) is 5.11 Å². The molecule has 2 aromatic rings. The first kappa shape index (κ1) is 9.79. The standard InChI is InChI=1S/C10H8N2O2S/c1-6-7(4-5-11-12-6)8-2-3-9(15-8)10(13)14/h2-5H,1H3,(H,13,14). The van der Waals surface area contributed by atoms with E-state index in [0.717, 1.165) is 16.1 Å². The number of carbonyl (C=O) groups is 1. The lowest BCUT2D eigenvalue weighted by atomic mass is 10.2. The highest BCUT2D eigenvalue weighted by molar-refractivity contribution is 7.17. The molecule has 0 amide bonds. The fraction of sp³-hybridized carbons (Fsp3) is 0.100. The summed E-state index contributed by atoms with van der Waals surface area (Å²) >= 11 is 1.24. The van der Waals surface area contributed by atoms with E-state index in [1.54, 1.807) is 18.3 Å². The van der Waals surface area contributed by atoms with Crippen molar-refractivity contribution in [2.45, 2.75) is 6.92 Å². The topological polar surface area (TPSA) is 63.1 Å². The van der Waals surface area contributed by atoms with Gasteiger partial charge in [-0.25, -0.2) is 4.79 Å². The summed E-state index contributed by atoms with van der Waals surface area (Å²) in [6.45, 7) is 1.85. The Labute approximate surface area is 90.2 Å². The molecule has 15 heavy (non-hydrogen) atoms. The number of hydrogen-bond donors (Lipinski definition) is 1. The Morgan fingerprint density at radius 2 is 2.20 bits per heavy atom. The van der Waals surface area contributed by atoms with E-state index >= 15 is 0 Å².